The van der Waals surface area contributed by atoms with Crippen LogP contribution in [0, 0.1) is 0 Å². The van der Waals surface area contributed by atoms with Gasteiger partial charge in [0.15, 0.2) is 0 Å². The first-order chi connectivity index (χ1) is 8.45. The fourth-order valence-electron chi connectivity index (χ4n) is 1.11. The summed E-state index contributed by atoms with van der Waals surface area (Å²) in [5.74, 6) is -1.83. The topological polar surface area (TPSA) is 95.9 Å². The normalized spacial score (nSPS) is 9.61. The highest BCUT2D eigenvalue weighted by atomic mass is 35.5. The zero-order valence-corrected chi connectivity index (χ0v) is 9.90. The van der Waals surface area contributed by atoms with Crippen LogP contribution in [0.15, 0.2) is 24.8 Å². The number of phenols is 1. The second-order valence-corrected chi connectivity index (χ2v) is 3.57. The molecule has 1 amide bonds. The van der Waals surface area contributed by atoms with Gasteiger partial charge in [0.25, 0.3) is 0 Å². The van der Waals surface area contributed by atoms with Gasteiger partial charge in [-0.05, 0) is 6.07 Å². The molecule has 0 saturated heterocycles. The maximum atomic E-state index is 11.2. The van der Waals surface area contributed by atoms with E-state index in [1.807, 2.05) is 0 Å². The highest BCUT2D eigenvalue weighted by molar-refractivity contribution is 6.34. The lowest BCUT2D eigenvalue weighted by atomic mass is 10.2. The van der Waals surface area contributed by atoms with E-state index in [1.54, 1.807) is 0 Å². The van der Waals surface area contributed by atoms with E-state index in [2.05, 4.69) is 16.6 Å². The monoisotopic (exact) mass is 271 g/mol. The maximum Gasteiger partial charge on any atom is 0.411 e. The number of carbonyl (C=O) groups excluding carboxylic acids is 1. The zero-order chi connectivity index (χ0) is 13.7. The Morgan fingerprint density at radius 2 is 2.17 bits per heavy atom. The predicted molar refractivity (Wildman–Crippen MR) is 65.2 cm³/mol. The summed E-state index contributed by atoms with van der Waals surface area (Å²) < 4.78 is 4.64. The molecule has 1 aromatic rings. The number of ether oxygens (including phenoxy) is 1. The molecule has 0 unspecified atom stereocenters. The van der Waals surface area contributed by atoms with Gasteiger partial charge in [-0.15, -0.1) is 0 Å². The minimum atomic E-state index is -1.32. The van der Waals surface area contributed by atoms with E-state index in [0.29, 0.717) is 0 Å². The van der Waals surface area contributed by atoms with Crippen molar-refractivity contribution < 1.29 is 24.5 Å². The van der Waals surface area contributed by atoms with Crippen LogP contribution in [-0.2, 0) is 4.74 Å². The summed E-state index contributed by atoms with van der Waals surface area (Å²) in [5, 5.41) is 20.4. The molecule has 0 aliphatic carbocycles. The van der Waals surface area contributed by atoms with Crippen LogP contribution in [0.4, 0.5) is 10.5 Å². The van der Waals surface area contributed by atoms with Gasteiger partial charge in [-0.2, -0.15) is 0 Å². The van der Waals surface area contributed by atoms with E-state index in [0.717, 1.165) is 12.1 Å². The molecule has 18 heavy (non-hydrogen) atoms. The largest absolute Gasteiger partial charge is 0.507 e. The number of aromatic carboxylic acids is 1. The SMILES string of the molecule is C=CCOC(=O)Nc1cc(O)c(C(=O)O)cc1Cl. The molecule has 0 saturated carbocycles. The third-order valence-corrected chi connectivity index (χ3v) is 2.20. The Bertz CT molecular complexity index is 500. The highest BCUT2D eigenvalue weighted by Crippen LogP contribution is 2.30. The lowest BCUT2D eigenvalue weighted by molar-refractivity contribution is 0.0693. The second kappa shape index (κ2) is 5.92. The van der Waals surface area contributed by atoms with Crippen molar-refractivity contribution in [1.29, 1.82) is 0 Å². The molecule has 96 valence electrons. The summed E-state index contributed by atoms with van der Waals surface area (Å²) in [7, 11) is 0. The molecule has 0 spiro atoms. The van der Waals surface area contributed by atoms with Crippen molar-refractivity contribution in [3.05, 3.63) is 35.4 Å². The van der Waals surface area contributed by atoms with Gasteiger partial charge >= 0.3 is 12.1 Å². The number of rotatable bonds is 4. The average Bonchev–Trinajstić information content (AvgIpc) is 2.30. The fourth-order valence-corrected chi connectivity index (χ4v) is 1.32. The molecule has 0 fully saturated rings. The van der Waals surface area contributed by atoms with E-state index < -0.39 is 17.8 Å². The fraction of sp³-hybridized carbons (Fsp3) is 0.0909. The van der Waals surface area contributed by atoms with Crippen LogP contribution in [-0.4, -0.2) is 28.9 Å². The molecule has 1 rings (SSSR count). The third-order valence-electron chi connectivity index (χ3n) is 1.88. The molecule has 0 radical (unpaired) electrons. The van der Waals surface area contributed by atoms with E-state index in [-0.39, 0.29) is 22.9 Å². The van der Waals surface area contributed by atoms with E-state index in [4.69, 9.17) is 16.7 Å². The Hall–Kier alpha value is -2.21. The third kappa shape index (κ3) is 3.39. The van der Waals surface area contributed by atoms with E-state index >= 15 is 0 Å². The number of amides is 1. The lowest BCUT2D eigenvalue weighted by Gasteiger charge is -2.09. The Morgan fingerprint density at radius 1 is 1.50 bits per heavy atom. The molecule has 7 heteroatoms. The number of hydrogen-bond donors (Lipinski definition) is 3. The van der Waals surface area contributed by atoms with Crippen molar-refractivity contribution in [1.82, 2.24) is 0 Å². The van der Waals surface area contributed by atoms with Crippen molar-refractivity contribution >= 4 is 29.4 Å². The molecule has 0 aliphatic rings. The molecule has 6 nitrogen and oxygen atoms in total. The minimum absolute atomic E-state index is 0.0165. The summed E-state index contributed by atoms with van der Waals surface area (Å²) in [6.07, 6.45) is 0.589. The van der Waals surface area contributed by atoms with Gasteiger partial charge in [0.1, 0.15) is 17.9 Å². The molecule has 1 aromatic carbocycles. The number of carboxylic acids is 1. The van der Waals surface area contributed by atoms with Crippen molar-refractivity contribution in [2.45, 2.75) is 0 Å². The smallest absolute Gasteiger partial charge is 0.411 e. The first kappa shape index (κ1) is 13.9. The summed E-state index contributed by atoms with van der Waals surface area (Å²) in [4.78, 5) is 21.9. The van der Waals surface area contributed by atoms with Crippen molar-refractivity contribution in [2.75, 3.05) is 11.9 Å². The van der Waals surface area contributed by atoms with Gasteiger partial charge in [-0.25, -0.2) is 9.59 Å². The number of aromatic hydroxyl groups is 1. The Balaban J connectivity index is 2.91. The molecular formula is C11H10ClNO5. The standard InChI is InChI=1S/C11H10ClNO5/c1-2-3-18-11(17)13-8-5-9(14)6(10(15)16)4-7(8)12/h2,4-5,14H,1,3H2,(H,13,17)(H,15,16). The predicted octanol–water partition coefficient (Wildman–Crippen LogP) is 2.48. The molecule has 0 atom stereocenters. The van der Waals surface area contributed by atoms with Crippen LogP contribution >= 0.6 is 11.6 Å². The molecule has 3 N–H and O–H groups in total. The van der Waals surface area contributed by atoms with E-state index in [9.17, 15) is 14.7 Å². The molecule has 0 bridgehead atoms. The Labute approximate surface area is 107 Å². The van der Waals surface area contributed by atoms with Crippen molar-refractivity contribution in [2.24, 2.45) is 0 Å². The zero-order valence-electron chi connectivity index (χ0n) is 9.14. The number of halogens is 1. The lowest BCUT2D eigenvalue weighted by Crippen LogP contribution is -2.14. The van der Waals surface area contributed by atoms with Gasteiger partial charge < -0.3 is 14.9 Å². The van der Waals surface area contributed by atoms with Gasteiger partial charge in [0, 0.05) is 6.07 Å². The average molecular weight is 272 g/mol. The van der Waals surface area contributed by atoms with Crippen LogP contribution in [0.3, 0.4) is 0 Å². The number of benzene rings is 1. The van der Waals surface area contributed by atoms with Crippen LogP contribution in [0.1, 0.15) is 10.4 Å². The summed E-state index contributed by atoms with van der Waals surface area (Å²) in [6, 6.07) is 2.06. The maximum absolute atomic E-state index is 11.2. The van der Waals surface area contributed by atoms with Crippen LogP contribution in [0.25, 0.3) is 0 Å². The molecule has 0 aromatic heterocycles. The Morgan fingerprint density at radius 3 is 2.72 bits per heavy atom. The van der Waals surface area contributed by atoms with Crippen LogP contribution < -0.4 is 5.32 Å². The summed E-state index contributed by atoms with van der Waals surface area (Å²) in [6.45, 7) is 3.38. The first-order valence-corrected chi connectivity index (χ1v) is 5.14. The quantitative estimate of drug-likeness (QED) is 0.731. The van der Waals surface area contributed by atoms with Crippen LogP contribution in [0.2, 0.25) is 5.02 Å². The number of carbonyl (C=O) groups is 2. The van der Waals surface area contributed by atoms with Gasteiger partial charge in [-0.3, -0.25) is 5.32 Å². The van der Waals surface area contributed by atoms with E-state index in [1.165, 1.54) is 6.08 Å². The summed E-state index contributed by atoms with van der Waals surface area (Å²) in [5.41, 5.74) is -0.307. The number of hydrogen-bond acceptors (Lipinski definition) is 4. The highest BCUT2D eigenvalue weighted by Gasteiger charge is 2.15. The first-order valence-electron chi connectivity index (χ1n) is 4.76. The van der Waals surface area contributed by atoms with Crippen molar-refractivity contribution in [3.8, 4) is 5.75 Å². The molecule has 0 aliphatic heterocycles. The van der Waals surface area contributed by atoms with Crippen LogP contribution in [0.5, 0.6) is 5.75 Å². The molecular weight excluding hydrogens is 262 g/mol. The van der Waals surface area contributed by atoms with Crippen molar-refractivity contribution in [3.63, 3.8) is 0 Å². The number of carboxylic acid groups (broad SMARTS) is 1. The summed E-state index contributed by atoms with van der Waals surface area (Å²) >= 11 is 5.76. The molecule has 0 heterocycles. The Kier molecular flexibility index (Phi) is 4.56. The van der Waals surface area contributed by atoms with Gasteiger partial charge in [0.05, 0.1) is 10.7 Å². The minimum Gasteiger partial charge on any atom is -0.507 e. The number of nitrogens with one attached hydrogen (secondary N) is 1. The van der Waals surface area contributed by atoms with Gasteiger partial charge in [-0.1, -0.05) is 24.3 Å². The second-order valence-electron chi connectivity index (χ2n) is 3.17. The van der Waals surface area contributed by atoms with Gasteiger partial charge in [0.2, 0.25) is 0 Å². The number of anilines is 1.